The molecule has 142 valence electrons. The van der Waals surface area contributed by atoms with Crippen LogP contribution in [0, 0.1) is 6.92 Å². The van der Waals surface area contributed by atoms with Gasteiger partial charge in [0.05, 0.1) is 7.11 Å². The first kappa shape index (κ1) is 19.4. The molecule has 3 rings (SSSR count). The Bertz CT molecular complexity index is 1030. The van der Waals surface area contributed by atoms with Gasteiger partial charge >= 0.3 is 5.97 Å². The van der Waals surface area contributed by atoms with Gasteiger partial charge in [-0.05, 0) is 64.9 Å². The van der Waals surface area contributed by atoms with Crippen LogP contribution in [0.25, 0.3) is 28.3 Å². The van der Waals surface area contributed by atoms with E-state index >= 15 is 0 Å². The van der Waals surface area contributed by atoms with Crippen LogP contribution >= 0.6 is 0 Å². The van der Waals surface area contributed by atoms with E-state index in [1.807, 2.05) is 18.2 Å². The second kappa shape index (κ2) is 8.57. The van der Waals surface area contributed by atoms with Gasteiger partial charge in [-0.1, -0.05) is 61.0 Å². The molecule has 0 atom stereocenters. The Morgan fingerprint density at radius 1 is 1.00 bits per heavy atom. The number of carboxylic acids is 1. The lowest BCUT2D eigenvalue weighted by Gasteiger charge is -2.14. The zero-order chi connectivity index (χ0) is 20.1. The predicted octanol–water partition coefficient (Wildman–Crippen LogP) is 6.00. The van der Waals surface area contributed by atoms with E-state index in [9.17, 15) is 4.79 Å². The van der Waals surface area contributed by atoms with Crippen LogP contribution in [-0.4, -0.2) is 18.2 Å². The number of hydrogen-bond acceptors (Lipinski definition) is 2. The molecule has 0 saturated carbocycles. The third-order valence-corrected chi connectivity index (χ3v) is 4.79. The molecule has 3 heteroatoms. The summed E-state index contributed by atoms with van der Waals surface area (Å²) in [5.41, 5.74) is 7.78. The van der Waals surface area contributed by atoms with Gasteiger partial charge in [-0.3, -0.25) is 0 Å². The standard InChI is InChI=1S/C25H24O3/c1-4-18-15-20(8-11-23(18)19-7-5-6-17(2)14-19)24-12-10-22(28-3)16-21(24)9-13-25(26)27/h5-16H,4H2,1-3H3,(H,26,27)/b13-9+. The number of benzene rings is 3. The molecule has 1 N–H and O–H groups in total. The van der Waals surface area contributed by atoms with Crippen LogP contribution in [0.3, 0.4) is 0 Å². The molecular weight excluding hydrogens is 348 g/mol. The molecule has 0 spiro atoms. The number of aliphatic carboxylic acids is 1. The molecule has 0 amide bonds. The summed E-state index contributed by atoms with van der Waals surface area (Å²) in [6.07, 6.45) is 3.67. The van der Waals surface area contributed by atoms with Gasteiger partial charge in [-0.2, -0.15) is 0 Å². The summed E-state index contributed by atoms with van der Waals surface area (Å²) >= 11 is 0. The van der Waals surface area contributed by atoms with Crippen molar-refractivity contribution in [1.29, 1.82) is 0 Å². The summed E-state index contributed by atoms with van der Waals surface area (Å²) in [6, 6.07) is 20.7. The Balaban J connectivity index is 2.10. The van der Waals surface area contributed by atoms with Crippen LogP contribution in [0.15, 0.2) is 66.7 Å². The smallest absolute Gasteiger partial charge is 0.328 e. The van der Waals surface area contributed by atoms with E-state index in [0.29, 0.717) is 5.75 Å². The zero-order valence-corrected chi connectivity index (χ0v) is 16.4. The molecule has 28 heavy (non-hydrogen) atoms. The minimum atomic E-state index is -0.974. The van der Waals surface area contributed by atoms with Gasteiger partial charge in [-0.25, -0.2) is 4.79 Å². The van der Waals surface area contributed by atoms with Crippen LogP contribution in [0.2, 0.25) is 0 Å². The summed E-state index contributed by atoms with van der Waals surface area (Å²) in [5, 5.41) is 9.01. The van der Waals surface area contributed by atoms with E-state index in [1.165, 1.54) is 22.3 Å². The highest BCUT2D eigenvalue weighted by Gasteiger charge is 2.10. The second-order valence-corrected chi connectivity index (χ2v) is 6.72. The van der Waals surface area contributed by atoms with Crippen molar-refractivity contribution in [2.45, 2.75) is 20.3 Å². The maximum Gasteiger partial charge on any atom is 0.328 e. The normalized spacial score (nSPS) is 11.0. The first-order valence-electron chi connectivity index (χ1n) is 9.31. The molecule has 0 bridgehead atoms. The fraction of sp³-hybridized carbons (Fsp3) is 0.160. The van der Waals surface area contributed by atoms with Crippen molar-refractivity contribution >= 4 is 12.0 Å². The van der Waals surface area contributed by atoms with Crippen LogP contribution in [0.4, 0.5) is 0 Å². The lowest BCUT2D eigenvalue weighted by atomic mass is 9.91. The summed E-state index contributed by atoms with van der Waals surface area (Å²) < 4.78 is 5.30. The van der Waals surface area contributed by atoms with Crippen molar-refractivity contribution in [2.75, 3.05) is 7.11 Å². The van der Waals surface area contributed by atoms with Gasteiger partial charge in [0.15, 0.2) is 0 Å². The molecule has 3 aromatic rings. The highest BCUT2D eigenvalue weighted by atomic mass is 16.5. The number of carboxylic acid groups (broad SMARTS) is 1. The van der Waals surface area contributed by atoms with Gasteiger partial charge in [-0.15, -0.1) is 0 Å². The summed E-state index contributed by atoms with van der Waals surface area (Å²) in [5.74, 6) is -0.279. The van der Waals surface area contributed by atoms with Gasteiger partial charge < -0.3 is 9.84 Å². The Hall–Kier alpha value is -3.33. The Labute approximate surface area is 165 Å². The van der Waals surface area contributed by atoms with Gasteiger partial charge in [0, 0.05) is 6.08 Å². The number of hydrogen-bond donors (Lipinski definition) is 1. The van der Waals surface area contributed by atoms with Crippen molar-refractivity contribution in [2.24, 2.45) is 0 Å². The molecule has 0 aliphatic rings. The molecule has 0 unspecified atom stereocenters. The van der Waals surface area contributed by atoms with Crippen LogP contribution in [-0.2, 0) is 11.2 Å². The topological polar surface area (TPSA) is 46.5 Å². The average molecular weight is 372 g/mol. The van der Waals surface area contributed by atoms with Crippen molar-refractivity contribution in [1.82, 2.24) is 0 Å². The van der Waals surface area contributed by atoms with E-state index in [4.69, 9.17) is 9.84 Å². The van der Waals surface area contributed by atoms with E-state index in [2.05, 4.69) is 56.3 Å². The molecule has 0 heterocycles. The number of ether oxygens (including phenoxy) is 1. The highest BCUT2D eigenvalue weighted by molar-refractivity contribution is 5.88. The molecule has 0 fully saturated rings. The molecule has 0 aliphatic heterocycles. The minimum Gasteiger partial charge on any atom is -0.497 e. The Morgan fingerprint density at radius 3 is 2.43 bits per heavy atom. The van der Waals surface area contributed by atoms with E-state index in [1.54, 1.807) is 13.2 Å². The van der Waals surface area contributed by atoms with Crippen molar-refractivity contribution in [3.63, 3.8) is 0 Å². The second-order valence-electron chi connectivity index (χ2n) is 6.72. The lowest BCUT2D eigenvalue weighted by molar-refractivity contribution is -0.131. The van der Waals surface area contributed by atoms with Crippen molar-refractivity contribution in [3.05, 3.63) is 83.4 Å². The monoisotopic (exact) mass is 372 g/mol. The summed E-state index contributed by atoms with van der Waals surface area (Å²) in [7, 11) is 1.60. The fourth-order valence-corrected chi connectivity index (χ4v) is 3.38. The van der Waals surface area contributed by atoms with Gasteiger partial charge in [0.25, 0.3) is 0 Å². The maximum atomic E-state index is 11.0. The summed E-state index contributed by atoms with van der Waals surface area (Å²) in [6.45, 7) is 4.25. The first-order chi connectivity index (χ1) is 13.5. The van der Waals surface area contributed by atoms with E-state index in [-0.39, 0.29) is 0 Å². The van der Waals surface area contributed by atoms with Crippen molar-refractivity contribution in [3.8, 4) is 28.0 Å². The Kier molecular flexibility index (Phi) is 5.95. The van der Waals surface area contributed by atoms with Crippen molar-refractivity contribution < 1.29 is 14.6 Å². The largest absolute Gasteiger partial charge is 0.497 e. The molecule has 0 aromatic heterocycles. The van der Waals surface area contributed by atoms with Crippen LogP contribution in [0.5, 0.6) is 5.75 Å². The van der Waals surface area contributed by atoms with Crippen LogP contribution in [0.1, 0.15) is 23.6 Å². The zero-order valence-electron chi connectivity index (χ0n) is 16.4. The molecule has 3 aromatic carbocycles. The average Bonchev–Trinajstić information content (AvgIpc) is 2.71. The molecule has 3 nitrogen and oxygen atoms in total. The quantitative estimate of drug-likeness (QED) is 0.540. The third kappa shape index (κ3) is 4.32. The molecule has 0 radical (unpaired) electrons. The molecule has 0 saturated heterocycles. The van der Waals surface area contributed by atoms with Gasteiger partial charge in [0.1, 0.15) is 5.75 Å². The number of methoxy groups -OCH3 is 1. The number of aryl methyl sites for hydroxylation is 2. The molecular formula is C25H24O3. The highest BCUT2D eigenvalue weighted by Crippen LogP contribution is 2.33. The SMILES string of the molecule is CCc1cc(-c2ccc(OC)cc2/C=C/C(=O)O)ccc1-c1cccc(C)c1. The lowest BCUT2D eigenvalue weighted by Crippen LogP contribution is -1.93. The Morgan fingerprint density at radius 2 is 1.75 bits per heavy atom. The predicted molar refractivity (Wildman–Crippen MR) is 115 cm³/mol. The van der Waals surface area contributed by atoms with Gasteiger partial charge in [0.2, 0.25) is 0 Å². The third-order valence-electron chi connectivity index (χ3n) is 4.79. The van der Waals surface area contributed by atoms with E-state index in [0.717, 1.165) is 29.2 Å². The molecule has 0 aliphatic carbocycles. The maximum absolute atomic E-state index is 11.0. The number of rotatable bonds is 6. The fourth-order valence-electron chi connectivity index (χ4n) is 3.38. The first-order valence-corrected chi connectivity index (χ1v) is 9.31. The minimum absolute atomic E-state index is 0.695. The summed E-state index contributed by atoms with van der Waals surface area (Å²) in [4.78, 5) is 11.0. The van der Waals surface area contributed by atoms with Crippen LogP contribution < -0.4 is 4.74 Å². The number of carbonyl (C=O) groups is 1. The van der Waals surface area contributed by atoms with E-state index < -0.39 is 5.97 Å².